The zero-order valence-electron chi connectivity index (χ0n) is 24.3. The van der Waals surface area contributed by atoms with Gasteiger partial charge in [0.15, 0.2) is 0 Å². The first-order chi connectivity index (χ1) is 20.9. The monoisotopic (exact) mass is 669 g/mol. The molecule has 0 aliphatic carbocycles. The number of esters is 1. The molecule has 3 aromatic carbocycles. The number of hydrazine groups is 1. The van der Waals surface area contributed by atoms with Crippen molar-refractivity contribution in [2.75, 3.05) is 0 Å². The van der Waals surface area contributed by atoms with E-state index in [9.17, 15) is 24.0 Å². The number of hydrogen-bond donors (Lipinski definition) is 3. The summed E-state index contributed by atoms with van der Waals surface area (Å²) in [5, 5.41) is 2.33. The molecule has 0 fully saturated rings. The van der Waals surface area contributed by atoms with E-state index >= 15 is 0 Å². The lowest BCUT2D eigenvalue weighted by molar-refractivity contribution is -0.163. The second-order valence-electron chi connectivity index (χ2n) is 10.3. The molecule has 0 heterocycles. The Kier molecular flexibility index (Phi) is 12.3. The van der Waals surface area contributed by atoms with Crippen molar-refractivity contribution in [1.29, 1.82) is 0 Å². The van der Waals surface area contributed by atoms with Crippen molar-refractivity contribution < 1.29 is 42.9 Å². The summed E-state index contributed by atoms with van der Waals surface area (Å²) in [5.74, 6) is -3.00. The largest absolute Gasteiger partial charge is 0.514 e. The number of ether oxygens (including phenoxy) is 4. The van der Waals surface area contributed by atoms with Crippen LogP contribution in [0.4, 0.5) is 9.59 Å². The van der Waals surface area contributed by atoms with Crippen LogP contribution in [0.25, 0.3) is 0 Å². The van der Waals surface area contributed by atoms with E-state index in [0.29, 0.717) is 5.56 Å². The number of benzene rings is 3. The standard InChI is InChI=1S/C31H32BrN3O9/c1-31(2,3)44-28(38)27(37)33-25(26(36)34-35-29(39)41-18-21-9-5-4-6-10-21)17-20-13-15-23(16-14-20)43-30(40)42-19-22-11-7-8-12-24(22)32/h4-16,25H,17-19H2,1-3H3,(H,33,37)(H,34,36)(H,35,39)/t25-/m0/s1. The predicted octanol–water partition coefficient (Wildman–Crippen LogP) is 4.49. The Hall–Kier alpha value is -4.91. The fourth-order valence-electron chi connectivity index (χ4n) is 3.52. The summed E-state index contributed by atoms with van der Waals surface area (Å²) in [6.07, 6.45) is -1.96. The van der Waals surface area contributed by atoms with Gasteiger partial charge in [0.05, 0.1) is 0 Å². The molecule has 44 heavy (non-hydrogen) atoms. The summed E-state index contributed by atoms with van der Waals surface area (Å²) < 4.78 is 21.3. The van der Waals surface area contributed by atoms with Crippen LogP contribution in [0.2, 0.25) is 0 Å². The van der Waals surface area contributed by atoms with Gasteiger partial charge in [-0.25, -0.2) is 19.8 Å². The smallest absolute Gasteiger partial charge is 0.453 e. The van der Waals surface area contributed by atoms with E-state index in [4.69, 9.17) is 18.9 Å². The maximum absolute atomic E-state index is 13.0. The molecule has 0 aliphatic heterocycles. The lowest BCUT2D eigenvalue weighted by Crippen LogP contribution is -2.54. The van der Waals surface area contributed by atoms with Gasteiger partial charge in [0.2, 0.25) is 0 Å². The van der Waals surface area contributed by atoms with E-state index < -0.39 is 41.7 Å². The third-order valence-corrected chi connectivity index (χ3v) is 6.35. The number of carbonyl (C=O) groups excluding carboxylic acids is 5. The van der Waals surface area contributed by atoms with Crippen LogP contribution in [0.15, 0.2) is 83.3 Å². The first-order valence-corrected chi connectivity index (χ1v) is 14.2. The molecular formula is C31H32BrN3O9. The zero-order chi connectivity index (χ0) is 32.1. The van der Waals surface area contributed by atoms with Crippen molar-refractivity contribution in [3.05, 3.63) is 100 Å². The molecule has 0 aliphatic rings. The van der Waals surface area contributed by atoms with E-state index in [1.165, 1.54) is 12.1 Å². The van der Waals surface area contributed by atoms with Crippen molar-refractivity contribution in [2.24, 2.45) is 0 Å². The molecule has 0 aromatic heterocycles. The SMILES string of the molecule is CC(C)(C)OC(=O)C(=O)N[C@@H](Cc1ccc(OC(=O)OCc2ccccc2Br)cc1)C(=O)NNC(=O)OCc1ccccc1. The Morgan fingerprint density at radius 2 is 1.43 bits per heavy atom. The summed E-state index contributed by atoms with van der Waals surface area (Å²) in [6.45, 7) is 4.74. The van der Waals surface area contributed by atoms with Gasteiger partial charge in [-0.05, 0) is 50.1 Å². The highest BCUT2D eigenvalue weighted by Gasteiger charge is 2.28. The number of amides is 3. The van der Waals surface area contributed by atoms with Gasteiger partial charge in [0, 0.05) is 16.5 Å². The van der Waals surface area contributed by atoms with Crippen molar-refractivity contribution in [3.8, 4) is 5.75 Å². The van der Waals surface area contributed by atoms with Crippen LogP contribution in [0, 0.1) is 0 Å². The molecule has 12 nitrogen and oxygen atoms in total. The first kappa shape index (κ1) is 33.6. The van der Waals surface area contributed by atoms with Crippen molar-refractivity contribution in [1.82, 2.24) is 16.2 Å². The van der Waals surface area contributed by atoms with Crippen LogP contribution < -0.4 is 20.9 Å². The quantitative estimate of drug-likeness (QED) is 0.0981. The maximum atomic E-state index is 13.0. The lowest BCUT2D eigenvalue weighted by Gasteiger charge is -2.21. The number of hydrogen-bond acceptors (Lipinski definition) is 9. The Bertz CT molecular complexity index is 1460. The molecule has 3 rings (SSSR count). The second kappa shape index (κ2) is 16.1. The van der Waals surface area contributed by atoms with Gasteiger partial charge in [-0.2, -0.15) is 0 Å². The van der Waals surface area contributed by atoms with Crippen LogP contribution in [0.1, 0.15) is 37.5 Å². The van der Waals surface area contributed by atoms with E-state index in [1.54, 1.807) is 63.2 Å². The number of carbonyl (C=O) groups is 5. The van der Waals surface area contributed by atoms with Crippen LogP contribution in [0.3, 0.4) is 0 Å². The van der Waals surface area contributed by atoms with Crippen LogP contribution >= 0.6 is 15.9 Å². The minimum atomic E-state index is -1.31. The summed E-state index contributed by atoms with van der Waals surface area (Å²) in [5.41, 5.74) is 5.38. The summed E-state index contributed by atoms with van der Waals surface area (Å²) >= 11 is 3.38. The molecule has 3 N–H and O–H groups in total. The number of halogens is 1. The molecule has 0 saturated heterocycles. The minimum absolute atomic E-state index is 0.000309. The topological polar surface area (TPSA) is 158 Å². The molecule has 0 saturated carbocycles. The molecule has 0 spiro atoms. The Balaban J connectivity index is 1.60. The summed E-state index contributed by atoms with van der Waals surface area (Å²) in [7, 11) is 0. The normalized spacial score (nSPS) is 11.4. The highest BCUT2D eigenvalue weighted by atomic mass is 79.9. The molecule has 1 atom stereocenters. The van der Waals surface area contributed by atoms with E-state index in [2.05, 4.69) is 32.1 Å². The van der Waals surface area contributed by atoms with Gasteiger partial charge in [0.25, 0.3) is 5.91 Å². The molecule has 232 valence electrons. The van der Waals surface area contributed by atoms with Gasteiger partial charge < -0.3 is 24.3 Å². The van der Waals surface area contributed by atoms with Crippen LogP contribution in [-0.2, 0) is 48.2 Å². The Morgan fingerprint density at radius 3 is 2.09 bits per heavy atom. The maximum Gasteiger partial charge on any atom is 0.514 e. The predicted molar refractivity (Wildman–Crippen MR) is 161 cm³/mol. The third kappa shape index (κ3) is 11.8. The molecule has 13 heteroatoms. The molecular weight excluding hydrogens is 638 g/mol. The van der Waals surface area contributed by atoms with E-state index in [1.807, 2.05) is 24.3 Å². The summed E-state index contributed by atoms with van der Waals surface area (Å²) in [6, 6.07) is 20.9. The Morgan fingerprint density at radius 1 is 0.773 bits per heavy atom. The number of nitrogens with one attached hydrogen (secondary N) is 3. The van der Waals surface area contributed by atoms with Crippen molar-refractivity contribution in [2.45, 2.75) is 52.0 Å². The van der Waals surface area contributed by atoms with Gasteiger partial charge in [0.1, 0.15) is 30.6 Å². The van der Waals surface area contributed by atoms with Gasteiger partial charge in [-0.3, -0.25) is 15.0 Å². The molecule has 3 aromatic rings. The Labute approximate surface area is 262 Å². The van der Waals surface area contributed by atoms with Crippen molar-refractivity contribution >= 4 is 46.0 Å². The molecule has 3 amide bonds. The molecule has 0 radical (unpaired) electrons. The van der Waals surface area contributed by atoms with Crippen LogP contribution in [0.5, 0.6) is 5.75 Å². The fraction of sp³-hybridized carbons (Fsp3) is 0.258. The third-order valence-electron chi connectivity index (χ3n) is 5.57. The molecule has 0 unspecified atom stereocenters. The van der Waals surface area contributed by atoms with E-state index in [0.717, 1.165) is 15.6 Å². The average Bonchev–Trinajstić information content (AvgIpc) is 2.98. The van der Waals surface area contributed by atoms with Crippen LogP contribution in [-0.4, -0.2) is 41.7 Å². The zero-order valence-corrected chi connectivity index (χ0v) is 25.8. The first-order valence-electron chi connectivity index (χ1n) is 13.4. The second-order valence-corrected chi connectivity index (χ2v) is 11.1. The van der Waals surface area contributed by atoms with Gasteiger partial charge in [-0.1, -0.05) is 76.6 Å². The van der Waals surface area contributed by atoms with Gasteiger partial charge >= 0.3 is 24.1 Å². The van der Waals surface area contributed by atoms with E-state index in [-0.39, 0.29) is 25.4 Å². The lowest BCUT2D eigenvalue weighted by atomic mass is 10.1. The molecule has 0 bridgehead atoms. The minimum Gasteiger partial charge on any atom is -0.453 e. The summed E-state index contributed by atoms with van der Waals surface area (Å²) in [4.78, 5) is 62.0. The van der Waals surface area contributed by atoms with Crippen molar-refractivity contribution in [3.63, 3.8) is 0 Å². The highest BCUT2D eigenvalue weighted by Crippen LogP contribution is 2.18. The number of rotatable bonds is 9. The average molecular weight is 671 g/mol. The highest BCUT2D eigenvalue weighted by molar-refractivity contribution is 9.10. The van der Waals surface area contributed by atoms with Gasteiger partial charge in [-0.15, -0.1) is 0 Å². The fourth-order valence-corrected chi connectivity index (χ4v) is 3.92.